The van der Waals surface area contributed by atoms with Gasteiger partial charge in [-0.1, -0.05) is 17.7 Å². The van der Waals surface area contributed by atoms with Crippen LogP contribution in [0.4, 0.5) is 10.1 Å². The molecule has 2 aromatic rings. The number of hydrogen-bond donors (Lipinski definition) is 1. The van der Waals surface area contributed by atoms with Crippen molar-refractivity contribution in [2.75, 3.05) is 4.72 Å². The Labute approximate surface area is 122 Å². The fraction of sp³-hybridized carbons (Fsp3) is 0. The van der Waals surface area contributed by atoms with Gasteiger partial charge in [0, 0.05) is 6.20 Å². The molecule has 0 aliphatic rings. The Balaban J connectivity index is 2.39. The number of pyridine rings is 1. The molecule has 0 saturated carbocycles. The van der Waals surface area contributed by atoms with Crippen LogP contribution in [0.1, 0.15) is 0 Å². The van der Waals surface area contributed by atoms with Crippen molar-refractivity contribution in [3.8, 4) is 0 Å². The molecule has 0 fully saturated rings. The molecule has 0 aliphatic heterocycles. The maximum Gasteiger partial charge on any atom is 0.263 e. The number of hydrogen-bond acceptors (Lipinski definition) is 3. The number of nitrogens with zero attached hydrogens (tertiary/aromatic N) is 1. The van der Waals surface area contributed by atoms with E-state index >= 15 is 0 Å². The highest BCUT2D eigenvalue weighted by molar-refractivity contribution is 9.10. The summed E-state index contributed by atoms with van der Waals surface area (Å²) >= 11 is 9.03. The van der Waals surface area contributed by atoms with Crippen molar-refractivity contribution in [2.45, 2.75) is 4.90 Å². The van der Waals surface area contributed by atoms with Gasteiger partial charge in [0.05, 0.1) is 21.4 Å². The topological polar surface area (TPSA) is 59.1 Å². The van der Waals surface area contributed by atoms with E-state index in [2.05, 4.69) is 25.6 Å². The second kappa shape index (κ2) is 5.44. The minimum Gasteiger partial charge on any atom is -0.278 e. The molecule has 0 radical (unpaired) electrons. The monoisotopic (exact) mass is 364 g/mol. The van der Waals surface area contributed by atoms with Gasteiger partial charge in [0.15, 0.2) is 0 Å². The Bertz CT molecular complexity index is 724. The minimum absolute atomic E-state index is 0.261. The van der Waals surface area contributed by atoms with E-state index in [4.69, 9.17) is 11.6 Å². The fourth-order valence-electron chi connectivity index (χ4n) is 1.33. The lowest BCUT2D eigenvalue weighted by Gasteiger charge is -2.10. The number of halogens is 3. The molecule has 1 N–H and O–H groups in total. The maximum absolute atomic E-state index is 13.0. The molecule has 0 amide bonds. The van der Waals surface area contributed by atoms with Crippen LogP contribution in [-0.4, -0.2) is 13.4 Å². The first kappa shape index (κ1) is 14.2. The summed E-state index contributed by atoms with van der Waals surface area (Å²) in [6, 6.07) is 5.61. The fourth-order valence-corrected chi connectivity index (χ4v) is 3.04. The van der Waals surface area contributed by atoms with Gasteiger partial charge < -0.3 is 0 Å². The van der Waals surface area contributed by atoms with E-state index in [0.717, 1.165) is 18.5 Å². The van der Waals surface area contributed by atoms with Gasteiger partial charge in [-0.3, -0.25) is 9.71 Å². The van der Waals surface area contributed by atoms with Crippen molar-refractivity contribution in [2.24, 2.45) is 0 Å². The van der Waals surface area contributed by atoms with Gasteiger partial charge in [0.2, 0.25) is 0 Å². The molecule has 19 heavy (non-hydrogen) atoms. The van der Waals surface area contributed by atoms with Gasteiger partial charge in [-0.15, -0.1) is 0 Å². The molecule has 1 heterocycles. The highest BCUT2D eigenvalue weighted by Gasteiger charge is 2.17. The third-order valence-electron chi connectivity index (χ3n) is 2.19. The molecule has 0 aliphatic carbocycles. The number of anilines is 1. The van der Waals surface area contributed by atoms with E-state index < -0.39 is 15.8 Å². The zero-order valence-corrected chi connectivity index (χ0v) is 12.4. The van der Waals surface area contributed by atoms with Crippen LogP contribution >= 0.6 is 27.5 Å². The first-order valence-electron chi connectivity index (χ1n) is 4.97. The Hall–Kier alpha value is -1.18. The predicted octanol–water partition coefficient (Wildman–Crippen LogP) is 3.44. The van der Waals surface area contributed by atoms with E-state index in [1.165, 1.54) is 6.07 Å². The predicted molar refractivity (Wildman–Crippen MR) is 74.2 cm³/mol. The highest BCUT2D eigenvalue weighted by Crippen LogP contribution is 2.31. The summed E-state index contributed by atoms with van der Waals surface area (Å²) in [7, 11) is -3.92. The lowest BCUT2D eigenvalue weighted by molar-refractivity contribution is 0.592. The van der Waals surface area contributed by atoms with E-state index in [1.54, 1.807) is 12.1 Å². The summed E-state index contributed by atoms with van der Waals surface area (Å²) in [5.41, 5.74) is 0.261. The normalized spacial score (nSPS) is 11.3. The second-order valence-electron chi connectivity index (χ2n) is 3.55. The van der Waals surface area contributed by atoms with Crippen LogP contribution in [0, 0.1) is 5.82 Å². The van der Waals surface area contributed by atoms with Crippen LogP contribution in [0.5, 0.6) is 0 Å². The van der Waals surface area contributed by atoms with E-state index in [-0.39, 0.29) is 10.6 Å². The number of rotatable bonds is 3. The molecule has 0 bridgehead atoms. The van der Waals surface area contributed by atoms with Gasteiger partial charge in [-0.2, -0.15) is 0 Å². The van der Waals surface area contributed by atoms with Gasteiger partial charge in [-0.25, -0.2) is 12.8 Å². The molecule has 0 unspecified atom stereocenters. The molecular formula is C11H7BrClFN2O2S. The summed E-state index contributed by atoms with van der Waals surface area (Å²) in [6.45, 7) is 0. The molecule has 0 saturated heterocycles. The van der Waals surface area contributed by atoms with Crippen LogP contribution in [0.3, 0.4) is 0 Å². The second-order valence-corrected chi connectivity index (χ2v) is 6.43. The molecule has 1 aromatic heterocycles. The van der Waals surface area contributed by atoms with E-state index in [0.29, 0.717) is 9.50 Å². The van der Waals surface area contributed by atoms with Crippen LogP contribution < -0.4 is 4.72 Å². The molecule has 8 heteroatoms. The molecule has 2 rings (SSSR count). The SMILES string of the molecule is O=S(=O)(Nc1cccc(Cl)c1Br)c1cncc(F)c1. The number of aromatic nitrogens is 1. The van der Waals surface area contributed by atoms with Crippen LogP contribution in [-0.2, 0) is 10.0 Å². The average molecular weight is 366 g/mol. The van der Waals surface area contributed by atoms with Crippen molar-refractivity contribution in [1.29, 1.82) is 0 Å². The van der Waals surface area contributed by atoms with Gasteiger partial charge in [0.1, 0.15) is 10.7 Å². The third kappa shape index (κ3) is 3.23. The lowest BCUT2D eigenvalue weighted by atomic mass is 10.3. The standard InChI is InChI=1S/C11H7BrClFN2O2S/c12-11-9(13)2-1-3-10(11)16-19(17,18)8-4-7(14)5-15-6-8/h1-6,16H. The Morgan fingerprint density at radius 2 is 2.05 bits per heavy atom. The maximum atomic E-state index is 13.0. The van der Waals surface area contributed by atoms with Gasteiger partial charge in [0.25, 0.3) is 10.0 Å². The minimum atomic E-state index is -3.92. The van der Waals surface area contributed by atoms with E-state index in [1.807, 2.05) is 0 Å². The van der Waals surface area contributed by atoms with Crippen LogP contribution in [0.2, 0.25) is 5.02 Å². The Kier molecular flexibility index (Phi) is 4.07. The molecule has 1 aromatic carbocycles. The van der Waals surface area contributed by atoms with E-state index in [9.17, 15) is 12.8 Å². The first-order chi connectivity index (χ1) is 8.90. The number of sulfonamides is 1. The molecule has 100 valence electrons. The van der Waals surface area contributed by atoms with Crippen LogP contribution in [0.15, 0.2) is 46.0 Å². The van der Waals surface area contributed by atoms with Crippen molar-refractivity contribution in [3.05, 3.63) is 52.0 Å². The molecule has 4 nitrogen and oxygen atoms in total. The summed E-state index contributed by atoms with van der Waals surface area (Å²) < 4.78 is 39.8. The summed E-state index contributed by atoms with van der Waals surface area (Å²) in [4.78, 5) is 3.24. The third-order valence-corrected chi connectivity index (χ3v) is 4.92. The highest BCUT2D eigenvalue weighted by atomic mass is 79.9. The quantitative estimate of drug-likeness (QED) is 0.906. The van der Waals surface area contributed by atoms with Gasteiger partial charge in [-0.05, 0) is 34.1 Å². The number of benzene rings is 1. The molecule has 0 atom stereocenters. The van der Waals surface area contributed by atoms with Crippen molar-refractivity contribution in [1.82, 2.24) is 4.98 Å². The Morgan fingerprint density at radius 3 is 2.74 bits per heavy atom. The van der Waals surface area contributed by atoms with Crippen LogP contribution in [0.25, 0.3) is 0 Å². The van der Waals surface area contributed by atoms with Crippen molar-refractivity contribution >= 4 is 43.2 Å². The van der Waals surface area contributed by atoms with Crippen molar-refractivity contribution in [3.63, 3.8) is 0 Å². The average Bonchev–Trinajstić information content (AvgIpc) is 2.35. The summed E-state index contributed by atoms with van der Waals surface area (Å²) in [6.07, 6.45) is 1.98. The molecular weight excluding hydrogens is 359 g/mol. The number of nitrogens with one attached hydrogen (secondary N) is 1. The largest absolute Gasteiger partial charge is 0.278 e. The molecule has 0 spiro atoms. The summed E-state index contributed by atoms with van der Waals surface area (Å²) in [5, 5.41) is 0.359. The Morgan fingerprint density at radius 1 is 1.32 bits per heavy atom. The zero-order chi connectivity index (χ0) is 14.0. The zero-order valence-electron chi connectivity index (χ0n) is 9.27. The van der Waals surface area contributed by atoms with Crippen molar-refractivity contribution < 1.29 is 12.8 Å². The smallest absolute Gasteiger partial charge is 0.263 e. The van der Waals surface area contributed by atoms with Gasteiger partial charge >= 0.3 is 0 Å². The summed E-state index contributed by atoms with van der Waals surface area (Å²) in [5.74, 6) is -0.729. The lowest BCUT2D eigenvalue weighted by Crippen LogP contribution is -2.13. The first-order valence-corrected chi connectivity index (χ1v) is 7.63.